The van der Waals surface area contributed by atoms with E-state index in [4.69, 9.17) is 0 Å². The van der Waals surface area contributed by atoms with Gasteiger partial charge in [0.25, 0.3) is 0 Å². The number of aromatic carboxylic acids is 1. The third kappa shape index (κ3) is 3.21. The van der Waals surface area contributed by atoms with Crippen molar-refractivity contribution >= 4 is 22.4 Å². The lowest BCUT2D eigenvalue weighted by Crippen LogP contribution is -2.34. The number of hydrogen-bond donors (Lipinski definition) is 1. The maximum absolute atomic E-state index is 11.5. The molecule has 0 aromatic carbocycles. The highest BCUT2D eigenvalue weighted by molar-refractivity contribution is 7.17. The summed E-state index contributed by atoms with van der Waals surface area (Å²) in [4.78, 5) is 21.0. The summed E-state index contributed by atoms with van der Waals surface area (Å²) in [5.41, 5.74) is 0.436. The van der Waals surface area contributed by atoms with Crippen molar-refractivity contribution in [3.63, 3.8) is 0 Å². The molecule has 2 rings (SSSR count). The number of nitrogens with zero attached hydrogens (tertiary/aromatic N) is 3. The maximum atomic E-state index is 11.5. The van der Waals surface area contributed by atoms with Crippen LogP contribution in [0.1, 0.15) is 43.1 Å². The second-order valence-electron chi connectivity index (χ2n) is 7.14. The number of hydrogen-bond acceptors (Lipinski definition) is 5. The summed E-state index contributed by atoms with van der Waals surface area (Å²) in [5, 5.41) is 10.3. The fraction of sp³-hybridized carbons (Fsp3) is 0.733. The molecule has 0 spiro atoms. The molecule has 2 unspecified atom stereocenters. The van der Waals surface area contributed by atoms with E-state index in [1.807, 2.05) is 20.8 Å². The third-order valence-electron chi connectivity index (χ3n) is 4.03. The summed E-state index contributed by atoms with van der Waals surface area (Å²) in [6.07, 6.45) is 0. The molecule has 6 heteroatoms. The number of carboxylic acid groups (broad SMARTS) is 1. The zero-order valence-electron chi connectivity index (χ0n) is 13.7. The van der Waals surface area contributed by atoms with E-state index in [1.165, 1.54) is 11.3 Å². The lowest BCUT2D eigenvalue weighted by atomic mass is 9.91. The number of likely N-dealkylation sites (N-methyl/N-ethyl adjacent to an activating group) is 1. The van der Waals surface area contributed by atoms with Gasteiger partial charge in [0.05, 0.1) is 5.69 Å². The average Bonchev–Trinajstić information content (AvgIpc) is 2.90. The van der Waals surface area contributed by atoms with E-state index in [0.717, 1.165) is 18.2 Å². The Kier molecular flexibility index (Phi) is 4.31. The Morgan fingerprint density at radius 3 is 2.38 bits per heavy atom. The molecule has 21 heavy (non-hydrogen) atoms. The lowest BCUT2D eigenvalue weighted by molar-refractivity contribution is 0.0699. The van der Waals surface area contributed by atoms with Crippen molar-refractivity contribution in [1.82, 2.24) is 9.88 Å². The summed E-state index contributed by atoms with van der Waals surface area (Å²) < 4.78 is 0. The Bertz CT molecular complexity index is 534. The molecule has 1 aromatic heterocycles. The molecule has 5 nitrogen and oxygen atoms in total. The van der Waals surface area contributed by atoms with Crippen LogP contribution in [0.4, 0.5) is 5.13 Å². The predicted octanol–water partition coefficient (Wildman–Crippen LogP) is 2.53. The lowest BCUT2D eigenvalue weighted by Gasteiger charge is -2.22. The molecule has 0 bridgehead atoms. The molecule has 0 amide bonds. The van der Waals surface area contributed by atoms with Crippen LogP contribution in [0.15, 0.2) is 0 Å². The Morgan fingerprint density at radius 1 is 1.38 bits per heavy atom. The summed E-state index contributed by atoms with van der Waals surface area (Å²) in [6.45, 7) is 10.1. The maximum Gasteiger partial charge on any atom is 0.347 e. The highest BCUT2D eigenvalue weighted by Gasteiger charge is 2.35. The van der Waals surface area contributed by atoms with Gasteiger partial charge in [0.2, 0.25) is 0 Å². The highest BCUT2D eigenvalue weighted by atomic mass is 32.1. The molecule has 2 atom stereocenters. The monoisotopic (exact) mass is 311 g/mol. The predicted molar refractivity (Wildman–Crippen MR) is 86.6 cm³/mol. The van der Waals surface area contributed by atoms with Crippen molar-refractivity contribution in [2.24, 2.45) is 5.92 Å². The third-order valence-corrected chi connectivity index (χ3v) is 5.13. The summed E-state index contributed by atoms with van der Waals surface area (Å²) in [6, 6.07) is 0.486. The molecular formula is C15H25N3O2S. The molecule has 1 aliphatic heterocycles. The molecule has 118 valence electrons. The summed E-state index contributed by atoms with van der Waals surface area (Å²) in [5.74, 6) is -0.324. The fourth-order valence-corrected chi connectivity index (χ4v) is 4.01. The van der Waals surface area contributed by atoms with Crippen LogP contribution >= 0.6 is 11.3 Å². The second kappa shape index (κ2) is 5.57. The minimum absolute atomic E-state index is 0.255. The molecule has 1 aromatic rings. The van der Waals surface area contributed by atoms with E-state index in [9.17, 15) is 9.90 Å². The standard InChI is InChI=1S/C15H25N3O2S/c1-9-7-18(8-10(9)17(5)6)14-16-12(15(2,3)4)11(21-14)13(19)20/h9-10H,7-8H2,1-6H3,(H,19,20). The number of rotatable bonds is 3. The van der Waals surface area contributed by atoms with Gasteiger partial charge in [0, 0.05) is 24.5 Å². The quantitative estimate of drug-likeness (QED) is 0.929. The second-order valence-corrected chi connectivity index (χ2v) is 8.12. The summed E-state index contributed by atoms with van der Waals surface area (Å²) >= 11 is 1.30. The first kappa shape index (κ1) is 16.2. The van der Waals surface area contributed by atoms with Gasteiger partial charge in [-0.25, -0.2) is 9.78 Å². The Hall–Kier alpha value is -1.14. The topological polar surface area (TPSA) is 56.7 Å². The number of carboxylic acids is 1. The van der Waals surface area contributed by atoms with Crippen molar-refractivity contribution in [2.45, 2.75) is 39.2 Å². The van der Waals surface area contributed by atoms with Crippen LogP contribution in [0.3, 0.4) is 0 Å². The van der Waals surface area contributed by atoms with Crippen molar-refractivity contribution in [2.75, 3.05) is 32.1 Å². The number of carbonyl (C=O) groups is 1. The highest BCUT2D eigenvalue weighted by Crippen LogP contribution is 2.36. The van der Waals surface area contributed by atoms with Crippen molar-refractivity contribution < 1.29 is 9.90 Å². The average molecular weight is 311 g/mol. The van der Waals surface area contributed by atoms with Gasteiger partial charge in [0.1, 0.15) is 4.88 Å². The molecular weight excluding hydrogens is 286 g/mol. The zero-order valence-corrected chi connectivity index (χ0v) is 14.5. The van der Waals surface area contributed by atoms with Crippen molar-refractivity contribution in [1.29, 1.82) is 0 Å². The van der Waals surface area contributed by atoms with E-state index in [2.05, 4.69) is 35.8 Å². The van der Waals surface area contributed by atoms with Crippen LogP contribution in [0.2, 0.25) is 0 Å². The first-order valence-electron chi connectivity index (χ1n) is 7.27. The smallest absolute Gasteiger partial charge is 0.347 e. The molecule has 0 saturated carbocycles. The fourth-order valence-electron chi connectivity index (χ4n) is 2.88. The Labute approximate surface area is 130 Å². The Balaban J connectivity index is 2.32. The van der Waals surface area contributed by atoms with E-state index >= 15 is 0 Å². The molecule has 1 saturated heterocycles. The molecule has 1 N–H and O–H groups in total. The van der Waals surface area contributed by atoms with Gasteiger partial charge in [0.15, 0.2) is 5.13 Å². The van der Waals surface area contributed by atoms with Gasteiger partial charge < -0.3 is 14.9 Å². The van der Waals surface area contributed by atoms with E-state index in [1.54, 1.807) is 0 Å². The van der Waals surface area contributed by atoms with Crippen LogP contribution in [-0.2, 0) is 5.41 Å². The van der Waals surface area contributed by atoms with Crippen molar-refractivity contribution in [3.05, 3.63) is 10.6 Å². The van der Waals surface area contributed by atoms with Crippen LogP contribution in [0, 0.1) is 5.92 Å². The zero-order chi connectivity index (χ0) is 15.9. The minimum atomic E-state index is -0.875. The van der Waals surface area contributed by atoms with E-state index in [0.29, 0.717) is 22.5 Å². The van der Waals surface area contributed by atoms with Gasteiger partial charge in [-0.15, -0.1) is 0 Å². The number of thiazole rings is 1. The molecule has 1 aliphatic rings. The van der Waals surface area contributed by atoms with Crippen LogP contribution in [-0.4, -0.2) is 54.2 Å². The first-order valence-corrected chi connectivity index (χ1v) is 8.09. The van der Waals surface area contributed by atoms with Gasteiger partial charge in [-0.3, -0.25) is 0 Å². The van der Waals surface area contributed by atoms with Gasteiger partial charge in [-0.2, -0.15) is 0 Å². The summed E-state index contributed by atoms with van der Waals surface area (Å²) in [7, 11) is 4.19. The normalized spacial score (nSPS) is 23.1. The van der Waals surface area contributed by atoms with Gasteiger partial charge >= 0.3 is 5.97 Å². The number of anilines is 1. The van der Waals surface area contributed by atoms with Crippen LogP contribution < -0.4 is 4.90 Å². The van der Waals surface area contributed by atoms with Crippen molar-refractivity contribution in [3.8, 4) is 0 Å². The Morgan fingerprint density at radius 2 is 2.00 bits per heavy atom. The number of aromatic nitrogens is 1. The van der Waals surface area contributed by atoms with Gasteiger partial charge in [-0.05, 0) is 20.0 Å². The largest absolute Gasteiger partial charge is 0.477 e. The SMILES string of the molecule is CC1CN(c2nc(C(C)(C)C)c(C(=O)O)s2)CC1N(C)C. The molecule has 2 heterocycles. The molecule has 0 aliphatic carbocycles. The molecule has 0 radical (unpaired) electrons. The van der Waals surface area contributed by atoms with Gasteiger partial charge in [-0.1, -0.05) is 39.0 Å². The van der Waals surface area contributed by atoms with Crippen LogP contribution in [0.25, 0.3) is 0 Å². The van der Waals surface area contributed by atoms with E-state index in [-0.39, 0.29) is 5.41 Å². The van der Waals surface area contributed by atoms with Crippen LogP contribution in [0.5, 0.6) is 0 Å². The van der Waals surface area contributed by atoms with E-state index < -0.39 is 5.97 Å². The minimum Gasteiger partial charge on any atom is -0.477 e. The molecule has 1 fully saturated rings. The first-order chi connectivity index (χ1) is 9.61.